The van der Waals surface area contributed by atoms with Crippen LogP contribution in [0.15, 0.2) is 30.6 Å². The van der Waals surface area contributed by atoms with Gasteiger partial charge in [-0.25, -0.2) is 4.98 Å². The summed E-state index contributed by atoms with van der Waals surface area (Å²) in [4.78, 5) is 40.0. The van der Waals surface area contributed by atoms with Gasteiger partial charge in [0.1, 0.15) is 6.10 Å². The molecule has 6 rings (SSSR count). The third-order valence-electron chi connectivity index (χ3n) is 8.24. The van der Waals surface area contributed by atoms with E-state index in [1.807, 2.05) is 13.0 Å². The van der Waals surface area contributed by atoms with Crippen molar-refractivity contribution in [2.75, 3.05) is 11.4 Å². The lowest BCUT2D eigenvalue weighted by atomic mass is 9.71. The molecule has 0 bridgehead atoms. The number of hydrogen-bond acceptors (Lipinski definition) is 9. The Hall–Kier alpha value is -3.24. The number of para-hydroxylation sites is 1. The highest BCUT2D eigenvalue weighted by Gasteiger charge is 2.50. The molecule has 3 aromatic rings. The zero-order chi connectivity index (χ0) is 27.3. The maximum Gasteiger partial charge on any atom is 0.303 e. The van der Waals surface area contributed by atoms with E-state index in [9.17, 15) is 9.59 Å². The Morgan fingerprint density at radius 3 is 2.51 bits per heavy atom. The van der Waals surface area contributed by atoms with E-state index in [-0.39, 0.29) is 10.7 Å². The highest BCUT2D eigenvalue weighted by Crippen LogP contribution is 2.52. The minimum atomic E-state index is -0.885. The van der Waals surface area contributed by atoms with Gasteiger partial charge in [-0.15, -0.1) is 0 Å². The number of imidazole rings is 1. The third-order valence-corrected chi connectivity index (χ3v) is 8.40. The van der Waals surface area contributed by atoms with E-state index in [1.165, 1.54) is 38.7 Å². The number of hydrogen-bond donors (Lipinski definition) is 0. The van der Waals surface area contributed by atoms with E-state index in [0.29, 0.717) is 23.4 Å². The summed E-state index contributed by atoms with van der Waals surface area (Å²) >= 11 is 6.53. The van der Waals surface area contributed by atoms with Crippen LogP contribution in [0.4, 0.5) is 11.5 Å². The summed E-state index contributed by atoms with van der Waals surface area (Å²) in [7, 11) is 0. The first-order valence-electron chi connectivity index (χ1n) is 13.6. The van der Waals surface area contributed by atoms with Crippen LogP contribution >= 0.6 is 11.6 Å². The maximum absolute atomic E-state index is 12.1. The van der Waals surface area contributed by atoms with Gasteiger partial charge in [0.15, 0.2) is 35.4 Å². The van der Waals surface area contributed by atoms with Crippen LogP contribution in [-0.2, 0) is 29.2 Å². The van der Waals surface area contributed by atoms with Crippen LogP contribution in [0.1, 0.15) is 71.1 Å². The summed E-state index contributed by atoms with van der Waals surface area (Å²) in [6.07, 6.45) is 5.13. The molecule has 1 unspecified atom stereocenters. The van der Waals surface area contributed by atoms with Crippen molar-refractivity contribution in [1.82, 2.24) is 19.5 Å². The van der Waals surface area contributed by atoms with Crippen molar-refractivity contribution in [2.24, 2.45) is 0 Å². The Morgan fingerprint density at radius 1 is 1.08 bits per heavy atom. The number of benzene rings is 1. The van der Waals surface area contributed by atoms with E-state index in [4.69, 9.17) is 30.8 Å². The number of nitrogens with zero attached hydrogens (tertiary/aromatic N) is 5. The molecule has 1 aliphatic carbocycles. The molecule has 4 heterocycles. The normalized spacial score (nSPS) is 25.7. The summed E-state index contributed by atoms with van der Waals surface area (Å²) in [5.74, 6) is -0.358. The largest absolute Gasteiger partial charge is 0.456 e. The van der Waals surface area contributed by atoms with Crippen LogP contribution in [-0.4, -0.2) is 56.3 Å². The van der Waals surface area contributed by atoms with Crippen molar-refractivity contribution in [3.05, 3.63) is 41.4 Å². The van der Waals surface area contributed by atoms with Gasteiger partial charge in [0.25, 0.3) is 0 Å². The number of carbonyl (C=O) groups is 2. The molecule has 1 spiro atoms. The molecule has 2 aromatic heterocycles. The maximum atomic E-state index is 12.1. The first-order chi connectivity index (χ1) is 18.8. The minimum Gasteiger partial charge on any atom is -0.456 e. The zero-order valence-electron chi connectivity index (χ0n) is 22.3. The summed E-state index contributed by atoms with van der Waals surface area (Å²) in [6, 6.07) is 8.51. The predicted octanol–water partition coefficient (Wildman–Crippen LogP) is 5.00. The van der Waals surface area contributed by atoms with Crippen LogP contribution in [0.2, 0.25) is 5.28 Å². The average Bonchev–Trinajstić information content (AvgIpc) is 3.57. The molecule has 0 N–H and O–H groups in total. The number of carbonyl (C=O) groups excluding carboxylic acids is 2. The van der Waals surface area contributed by atoms with Gasteiger partial charge < -0.3 is 19.1 Å². The number of aromatic nitrogens is 4. The third kappa shape index (κ3) is 4.43. The monoisotopic (exact) mass is 553 g/mol. The molecular weight excluding hydrogens is 522 g/mol. The van der Waals surface area contributed by atoms with Crippen LogP contribution in [0, 0.1) is 0 Å². The van der Waals surface area contributed by atoms with E-state index in [1.54, 1.807) is 10.9 Å². The van der Waals surface area contributed by atoms with Crippen molar-refractivity contribution >= 4 is 46.2 Å². The van der Waals surface area contributed by atoms with Crippen molar-refractivity contribution < 1.29 is 23.8 Å². The fourth-order valence-electron chi connectivity index (χ4n) is 6.64. The quantitative estimate of drug-likeness (QED) is 0.318. The predicted molar refractivity (Wildman–Crippen MR) is 144 cm³/mol. The molecule has 2 fully saturated rings. The lowest BCUT2D eigenvalue weighted by Crippen LogP contribution is -2.38. The molecule has 1 saturated carbocycles. The van der Waals surface area contributed by atoms with Crippen LogP contribution in [0.5, 0.6) is 0 Å². The van der Waals surface area contributed by atoms with Gasteiger partial charge in [-0.1, -0.05) is 44.4 Å². The van der Waals surface area contributed by atoms with Gasteiger partial charge in [-0.2, -0.15) is 9.97 Å². The number of fused-ring (bicyclic) bond motifs is 3. The lowest BCUT2D eigenvalue weighted by molar-refractivity contribution is -0.165. The Bertz CT molecular complexity index is 1420. The standard InChI is InChI=1S/C28H32ClN5O5/c1-4-20-22(37-16(2)35)23(38-17(3)36)26(39-20)34-15-30-21-24(31-27(29)32-25(21)34)33-14-28(12-8-5-9-13-28)18-10-6-7-11-19(18)33/h6-7,10-11,15,20,22-23,26H,4-5,8-9,12-14H2,1-3H3/t20-,22?,23+,26-/m1/s1. The summed E-state index contributed by atoms with van der Waals surface area (Å²) < 4.78 is 19.2. The Kier molecular flexibility index (Phi) is 6.71. The second-order valence-electron chi connectivity index (χ2n) is 10.7. The number of ether oxygens (including phenoxy) is 3. The van der Waals surface area contributed by atoms with Crippen LogP contribution in [0.25, 0.3) is 11.2 Å². The second-order valence-corrected chi connectivity index (χ2v) is 11.0. The molecule has 39 heavy (non-hydrogen) atoms. The molecule has 3 aliphatic rings. The van der Waals surface area contributed by atoms with Gasteiger partial charge in [0.2, 0.25) is 5.28 Å². The van der Waals surface area contributed by atoms with Crippen LogP contribution in [0.3, 0.4) is 0 Å². The van der Waals surface area contributed by atoms with Gasteiger partial charge >= 0.3 is 11.9 Å². The van der Waals surface area contributed by atoms with Gasteiger partial charge in [-0.3, -0.25) is 14.2 Å². The van der Waals surface area contributed by atoms with Crippen molar-refractivity contribution in [3.8, 4) is 0 Å². The molecule has 4 atom stereocenters. The van der Waals surface area contributed by atoms with Crippen molar-refractivity contribution in [3.63, 3.8) is 0 Å². The number of rotatable bonds is 5. The molecule has 11 heteroatoms. The van der Waals surface area contributed by atoms with Crippen molar-refractivity contribution in [2.45, 2.75) is 89.3 Å². The highest BCUT2D eigenvalue weighted by molar-refractivity contribution is 6.28. The Labute approximate surface area is 231 Å². The van der Waals surface area contributed by atoms with Gasteiger partial charge in [-0.05, 0) is 42.5 Å². The first kappa shape index (κ1) is 26.0. The van der Waals surface area contributed by atoms with E-state index in [2.05, 4.69) is 33.1 Å². The molecule has 10 nitrogen and oxygen atoms in total. The molecule has 1 saturated heterocycles. The van der Waals surface area contributed by atoms with E-state index in [0.717, 1.165) is 25.1 Å². The second kappa shape index (κ2) is 10.1. The smallest absolute Gasteiger partial charge is 0.303 e. The fraction of sp³-hybridized carbons (Fsp3) is 0.536. The highest BCUT2D eigenvalue weighted by atomic mass is 35.5. The van der Waals surface area contributed by atoms with E-state index >= 15 is 0 Å². The van der Waals surface area contributed by atoms with Gasteiger partial charge in [0, 0.05) is 31.5 Å². The number of esters is 2. The molecule has 0 amide bonds. The molecule has 206 valence electrons. The molecular formula is C28H32ClN5O5. The Morgan fingerprint density at radius 2 is 1.79 bits per heavy atom. The van der Waals surface area contributed by atoms with Gasteiger partial charge in [0.05, 0.1) is 6.33 Å². The molecule has 2 aliphatic heterocycles. The summed E-state index contributed by atoms with van der Waals surface area (Å²) in [6.45, 7) is 5.35. The molecule has 0 radical (unpaired) electrons. The average molecular weight is 554 g/mol. The fourth-order valence-corrected chi connectivity index (χ4v) is 6.80. The first-order valence-corrected chi connectivity index (χ1v) is 14.0. The summed E-state index contributed by atoms with van der Waals surface area (Å²) in [5, 5.41) is 0.0759. The number of halogens is 1. The molecule has 1 aromatic carbocycles. The SMILES string of the molecule is CC[C@H]1O[C@@H](n2cnc3c(N4CC5(CCCCC5)c5ccccc54)nc(Cl)nc32)[C@@H](OC(C)=O)C1OC(C)=O. The van der Waals surface area contributed by atoms with Crippen LogP contribution < -0.4 is 4.90 Å². The Balaban J connectivity index is 1.44. The number of anilines is 2. The van der Waals surface area contributed by atoms with Crippen molar-refractivity contribution in [1.29, 1.82) is 0 Å². The summed E-state index contributed by atoms with van der Waals surface area (Å²) in [5.41, 5.74) is 3.54. The zero-order valence-corrected chi connectivity index (χ0v) is 23.1. The lowest BCUT2D eigenvalue weighted by Gasteiger charge is -2.34. The van der Waals surface area contributed by atoms with E-state index < -0.39 is 36.5 Å². The topological polar surface area (TPSA) is 109 Å². The minimum absolute atomic E-state index is 0.0712.